The summed E-state index contributed by atoms with van der Waals surface area (Å²) < 4.78 is 0. The predicted octanol–water partition coefficient (Wildman–Crippen LogP) is 4.81. The smallest absolute Gasteiger partial charge is 0.220 e. The lowest BCUT2D eigenvalue weighted by molar-refractivity contribution is -0.127. The Bertz CT molecular complexity index is 587. The fraction of sp³-hybridized carbons (Fsp3) is 0.652. The first-order valence-electron chi connectivity index (χ1n) is 10.7. The lowest BCUT2D eigenvalue weighted by Gasteiger charge is -2.16. The van der Waals surface area contributed by atoms with Crippen molar-refractivity contribution in [2.75, 3.05) is 24.8 Å². The molecule has 29 heavy (non-hydrogen) atoms. The molecule has 0 aliphatic heterocycles. The molecule has 0 saturated heterocycles. The van der Waals surface area contributed by atoms with Gasteiger partial charge in [-0.1, -0.05) is 31.2 Å². The second kappa shape index (κ2) is 15.7. The van der Waals surface area contributed by atoms with Crippen molar-refractivity contribution in [2.45, 2.75) is 70.8 Å². The number of nitrogens with one attached hydrogen (secondary N) is 2. The number of rotatable bonds is 16. The fourth-order valence-electron chi connectivity index (χ4n) is 3.40. The highest BCUT2D eigenvalue weighted by atomic mass is 35.5. The molecular weight excluding hydrogens is 407 g/mol. The number of halogens is 2. The molecule has 1 unspecified atom stereocenters. The van der Waals surface area contributed by atoms with Crippen LogP contribution in [0.15, 0.2) is 24.3 Å². The van der Waals surface area contributed by atoms with E-state index in [1.165, 1.54) is 11.1 Å². The van der Waals surface area contributed by atoms with E-state index in [-0.39, 0.29) is 17.7 Å². The Labute approximate surface area is 186 Å². The number of benzene rings is 1. The topological polar surface area (TPSA) is 58.2 Å². The van der Waals surface area contributed by atoms with E-state index in [2.05, 4.69) is 41.8 Å². The molecule has 0 radical (unpaired) electrons. The van der Waals surface area contributed by atoms with Crippen molar-refractivity contribution >= 4 is 34.9 Å². The summed E-state index contributed by atoms with van der Waals surface area (Å²) in [6, 6.07) is 8.18. The minimum Gasteiger partial charge on any atom is -0.346 e. The number of alkyl halides is 2. The Morgan fingerprint density at radius 2 is 1.66 bits per heavy atom. The molecule has 1 aromatic rings. The lowest BCUT2D eigenvalue weighted by Crippen LogP contribution is -2.40. The van der Waals surface area contributed by atoms with Gasteiger partial charge >= 0.3 is 0 Å². The van der Waals surface area contributed by atoms with Crippen LogP contribution in [0.3, 0.4) is 0 Å². The zero-order valence-electron chi connectivity index (χ0n) is 17.8. The van der Waals surface area contributed by atoms with E-state index in [0.717, 1.165) is 45.2 Å². The van der Waals surface area contributed by atoms with Gasteiger partial charge in [0.25, 0.3) is 0 Å². The monoisotopic (exact) mass is 442 g/mol. The first-order valence-corrected chi connectivity index (χ1v) is 11.8. The van der Waals surface area contributed by atoms with Crippen LogP contribution < -0.4 is 10.6 Å². The van der Waals surface area contributed by atoms with E-state index in [9.17, 15) is 9.59 Å². The van der Waals surface area contributed by atoms with E-state index >= 15 is 0 Å². The molecule has 164 valence electrons. The number of carbonyl (C=O) groups is 2. The van der Waals surface area contributed by atoms with Gasteiger partial charge in [-0.15, -0.1) is 23.2 Å². The predicted molar refractivity (Wildman–Crippen MR) is 123 cm³/mol. The zero-order chi connectivity index (χ0) is 21.5. The van der Waals surface area contributed by atoms with Crippen molar-refractivity contribution in [1.82, 2.24) is 10.6 Å². The molecule has 6 heteroatoms. The van der Waals surface area contributed by atoms with Gasteiger partial charge in [0, 0.05) is 18.2 Å². The highest BCUT2D eigenvalue weighted by molar-refractivity contribution is 6.18. The minimum absolute atomic E-state index is 0.0221. The van der Waals surface area contributed by atoms with Crippen molar-refractivity contribution in [3.05, 3.63) is 35.4 Å². The summed E-state index contributed by atoms with van der Waals surface area (Å²) in [5.74, 6) is 1.65. The van der Waals surface area contributed by atoms with Crippen LogP contribution in [0.5, 0.6) is 0 Å². The van der Waals surface area contributed by atoms with Gasteiger partial charge in [0.1, 0.15) is 0 Å². The van der Waals surface area contributed by atoms with E-state index < -0.39 is 0 Å². The average molecular weight is 443 g/mol. The molecule has 0 spiro atoms. The summed E-state index contributed by atoms with van der Waals surface area (Å²) in [4.78, 5) is 24.0. The van der Waals surface area contributed by atoms with E-state index in [1.54, 1.807) is 6.92 Å². The molecule has 1 aromatic carbocycles. The number of carbonyl (C=O) groups excluding carboxylic acids is 2. The van der Waals surface area contributed by atoms with Crippen LogP contribution in [0.25, 0.3) is 0 Å². The van der Waals surface area contributed by atoms with Gasteiger partial charge in [-0.25, -0.2) is 0 Å². The van der Waals surface area contributed by atoms with Crippen molar-refractivity contribution < 1.29 is 9.59 Å². The summed E-state index contributed by atoms with van der Waals surface area (Å²) in [6.45, 7) is 5.37. The first-order chi connectivity index (χ1) is 14.0. The Hall–Kier alpha value is -1.10. The molecule has 0 bridgehead atoms. The van der Waals surface area contributed by atoms with Crippen LogP contribution >= 0.6 is 23.2 Å². The summed E-state index contributed by atoms with van der Waals surface area (Å²) in [5, 5.41) is 6.13. The minimum atomic E-state index is -0.374. The van der Waals surface area contributed by atoms with Crippen LogP contribution in [0, 0.1) is 0 Å². The molecule has 2 N–H and O–H groups in total. The van der Waals surface area contributed by atoms with Crippen molar-refractivity contribution in [3.63, 3.8) is 0 Å². The van der Waals surface area contributed by atoms with Crippen molar-refractivity contribution in [1.29, 1.82) is 0 Å². The van der Waals surface area contributed by atoms with Crippen LogP contribution in [0.2, 0.25) is 0 Å². The van der Waals surface area contributed by atoms with Gasteiger partial charge in [0.05, 0.1) is 6.04 Å². The number of Topliss-reactive ketones (excluding diaryl/α,β-unsaturated/α-hetero) is 1. The van der Waals surface area contributed by atoms with Crippen LogP contribution in [-0.2, 0) is 16.0 Å². The molecule has 0 aliphatic rings. The Morgan fingerprint density at radius 3 is 2.21 bits per heavy atom. The summed E-state index contributed by atoms with van der Waals surface area (Å²) >= 11 is 11.8. The van der Waals surface area contributed by atoms with E-state index in [4.69, 9.17) is 23.2 Å². The fourth-order valence-corrected chi connectivity index (χ4v) is 3.93. The van der Waals surface area contributed by atoms with Gasteiger partial charge in [0.2, 0.25) is 5.91 Å². The highest BCUT2D eigenvalue weighted by Crippen LogP contribution is 2.25. The second-order valence-corrected chi connectivity index (χ2v) is 8.23. The molecule has 0 heterocycles. The number of aryl methyl sites for hydroxylation is 1. The van der Waals surface area contributed by atoms with Gasteiger partial charge in [-0.2, -0.15) is 0 Å². The third kappa shape index (κ3) is 11.0. The summed E-state index contributed by atoms with van der Waals surface area (Å²) in [5.41, 5.74) is 2.49. The van der Waals surface area contributed by atoms with Gasteiger partial charge in [-0.3, -0.25) is 9.59 Å². The third-order valence-corrected chi connectivity index (χ3v) is 5.59. The maximum absolute atomic E-state index is 12.2. The van der Waals surface area contributed by atoms with E-state index in [1.807, 2.05) is 0 Å². The maximum Gasteiger partial charge on any atom is 0.220 e. The molecule has 0 fully saturated rings. The lowest BCUT2D eigenvalue weighted by atomic mass is 9.92. The van der Waals surface area contributed by atoms with Gasteiger partial charge < -0.3 is 10.6 Å². The van der Waals surface area contributed by atoms with Crippen molar-refractivity contribution in [2.24, 2.45) is 0 Å². The highest BCUT2D eigenvalue weighted by Gasteiger charge is 2.16. The Morgan fingerprint density at radius 1 is 1.00 bits per heavy atom. The summed E-state index contributed by atoms with van der Waals surface area (Å²) in [7, 11) is 0. The number of hydrogen-bond acceptors (Lipinski definition) is 3. The standard InChI is InChI=1S/C23H36Cl2N2O2/c1-3-26-17-5-7-22(18(2)28)27-23(29)8-4-6-19-9-11-20(12-10-19)21(13-15-24)14-16-25/h9-12,21-22,26H,3-8,13-17H2,1-2H3,(H,27,29). The van der Waals surface area contributed by atoms with E-state index in [0.29, 0.717) is 30.5 Å². The summed E-state index contributed by atoms with van der Waals surface area (Å²) in [6.07, 6.45) is 5.45. The Kier molecular flexibility index (Phi) is 14.0. The average Bonchev–Trinajstić information content (AvgIpc) is 2.70. The molecular formula is C23H36Cl2N2O2. The van der Waals surface area contributed by atoms with Crippen LogP contribution in [0.4, 0.5) is 0 Å². The molecule has 1 amide bonds. The number of ketones is 1. The normalized spacial score (nSPS) is 12.2. The molecule has 1 rings (SSSR count). The maximum atomic E-state index is 12.2. The second-order valence-electron chi connectivity index (χ2n) is 7.47. The third-order valence-electron chi connectivity index (χ3n) is 5.16. The number of amides is 1. The molecule has 0 aliphatic carbocycles. The van der Waals surface area contributed by atoms with Gasteiger partial charge in [-0.05, 0) is 75.6 Å². The molecule has 1 atom stereocenters. The molecule has 4 nitrogen and oxygen atoms in total. The van der Waals surface area contributed by atoms with Crippen LogP contribution in [-0.4, -0.2) is 42.6 Å². The zero-order valence-corrected chi connectivity index (χ0v) is 19.3. The molecule has 0 aromatic heterocycles. The quantitative estimate of drug-likeness (QED) is 0.285. The Balaban J connectivity index is 2.41. The largest absolute Gasteiger partial charge is 0.346 e. The number of hydrogen-bond donors (Lipinski definition) is 2. The van der Waals surface area contributed by atoms with Gasteiger partial charge in [0.15, 0.2) is 5.78 Å². The van der Waals surface area contributed by atoms with Crippen LogP contribution in [0.1, 0.15) is 69.4 Å². The SMILES string of the molecule is CCNCCCC(NC(=O)CCCc1ccc(C(CCCl)CCCl)cc1)C(C)=O. The first kappa shape index (κ1) is 25.9. The molecule has 0 saturated carbocycles. The van der Waals surface area contributed by atoms with Crippen molar-refractivity contribution in [3.8, 4) is 0 Å².